The molecule has 11 heteroatoms. The number of nitrogens with zero attached hydrogens (tertiary/aromatic N) is 5. The first-order valence-electron chi connectivity index (χ1n) is 9.43. The number of aromatic nitrogens is 5. The van der Waals surface area contributed by atoms with Crippen LogP contribution >= 0.6 is 11.6 Å². The number of halogens is 1. The van der Waals surface area contributed by atoms with Crippen LogP contribution < -0.4 is 10.5 Å². The molecule has 3 aromatic rings. The summed E-state index contributed by atoms with van der Waals surface area (Å²) in [4.78, 5) is 16.7. The summed E-state index contributed by atoms with van der Waals surface area (Å²) in [6.07, 6.45) is -1.36. The summed E-state index contributed by atoms with van der Waals surface area (Å²) >= 11 is 5.86. The van der Waals surface area contributed by atoms with Gasteiger partial charge in [0.1, 0.15) is 12.3 Å². The van der Waals surface area contributed by atoms with E-state index in [1.807, 2.05) is 20.8 Å². The van der Waals surface area contributed by atoms with Gasteiger partial charge in [-0.05, 0) is 41.0 Å². The number of carbonyl (C=O) groups excluding carboxylic acids is 1. The van der Waals surface area contributed by atoms with Gasteiger partial charge in [-0.2, -0.15) is 4.80 Å². The molecule has 10 nitrogen and oxygen atoms in total. The van der Waals surface area contributed by atoms with Crippen LogP contribution in [-0.4, -0.2) is 48.6 Å². The molecule has 0 radical (unpaired) electrons. The molecule has 164 valence electrons. The first-order valence-corrected chi connectivity index (χ1v) is 9.81. The molecule has 0 aliphatic rings. The minimum Gasteiger partial charge on any atom is -0.442 e. The van der Waals surface area contributed by atoms with Crippen LogP contribution in [-0.2, 0) is 11.3 Å². The van der Waals surface area contributed by atoms with Gasteiger partial charge in [-0.25, -0.2) is 9.78 Å². The molecular weight excluding hydrogens is 424 g/mol. The highest BCUT2D eigenvalue weighted by atomic mass is 35.5. The molecule has 0 spiro atoms. The Morgan fingerprint density at radius 1 is 1.23 bits per heavy atom. The van der Waals surface area contributed by atoms with Crippen molar-refractivity contribution >= 4 is 17.7 Å². The fourth-order valence-electron chi connectivity index (χ4n) is 2.70. The molecule has 0 bridgehead atoms. The minimum absolute atomic E-state index is 0.0143. The Kier molecular flexibility index (Phi) is 6.71. The zero-order valence-electron chi connectivity index (χ0n) is 17.3. The van der Waals surface area contributed by atoms with Gasteiger partial charge in [-0.3, -0.25) is 0 Å². The van der Waals surface area contributed by atoms with Gasteiger partial charge in [0.05, 0.1) is 6.10 Å². The molecule has 0 aliphatic carbocycles. The number of aliphatic hydroxyl groups is 1. The second-order valence-corrected chi connectivity index (χ2v) is 8.33. The Hall–Kier alpha value is -3.24. The van der Waals surface area contributed by atoms with Crippen molar-refractivity contribution in [2.75, 3.05) is 0 Å². The highest BCUT2D eigenvalue weighted by Gasteiger charge is 2.34. The molecule has 2 aromatic heterocycles. The average molecular weight is 447 g/mol. The number of pyridine rings is 1. The molecule has 3 N–H and O–H groups in total. The maximum Gasteiger partial charge on any atom is 0.404 e. The number of primary amides is 1. The summed E-state index contributed by atoms with van der Waals surface area (Å²) in [5.74, 6) is 1.31. The van der Waals surface area contributed by atoms with Crippen molar-refractivity contribution in [3.05, 3.63) is 47.6 Å². The molecule has 0 aliphatic heterocycles. The quantitative estimate of drug-likeness (QED) is 0.564. The van der Waals surface area contributed by atoms with Crippen molar-refractivity contribution in [1.82, 2.24) is 25.2 Å². The van der Waals surface area contributed by atoms with Gasteiger partial charge in [-0.15, -0.1) is 10.2 Å². The number of rotatable bonds is 7. The third-order valence-electron chi connectivity index (χ3n) is 4.33. The average Bonchev–Trinajstić information content (AvgIpc) is 3.17. The van der Waals surface area contributed by atoms with Gasteiger partial charge in [0.25, 0.3) is 0 Å². The summed E-state index contributed by atoms with van der Waals surface area (Å²) in [6.45, 7) is 5.43. The van der Waals surface area contributed by atoms with Crippen LogP contribution in [0.4, 0.5) is 4.79 Å². The molecule has 0 fully saturated rings. The lowest BCUT2D eigenvalue weighted by Crippen LogP contribution is -2.44. The summed E-state index contributed by atoms with van der Waals surface area (Å²) in [6, 6.07) is 10.3. The summed E-state index contributed by atoms with van der Waals surface area (Å²) in [7, 11) is 0. The Morgan fingerprint density at radius 3 is 2.52 bits per heavy atom. The van der Waals surface area contributed by atoms with Crippen molar-refractivity contribution in [2.45, 2.75) is 39.5 Å². The standard InChI is InChI=1S/C20H23ClN6O4/c1-20(2,3)17(28)15(31-19(22)29)11-27-25-18(24-26-27)12-4-9-16(23-10-12)30-14-7-5-13(21)6-8-14/h4-10,15,17,28H,11H2,1-3H3,(H2,22,29). The topological polar surface area (TPSA) is 138 Å². The number of hydrogen-bond donors (Lipinski definition) is 2. The number of nitrogens with two attached hydrogens (primary N) is 1. The van der Waals surface area contributed by atoms with Gasteiger partial charge in [0, 0.05) is 22.8 Å². The smallest absolute Gasteiger partial charge is 0.404 e. The third-order valence-corrected chi connectivity index (χ3v) is 4.59. The van der Waals surface area contributed by atoms with Gasteiger partial charge in [-0.1, -0.05) is 32.4 Å². The molecule has 0 saturated heterocycles. The largest absolute Gasteiger partial charge is 0.442 e. The van der Waals surface area contributed by atoms with E-state index in [2.05, 4.69) is 20.4 Å². The number of carbonyl (C=O) groups is 1. The van der Waals surface area contributed by atoms with Gasteiger partial charge < -0.3 is 20.3 Å². The summed E-state index contributed by atoms with van der Waals surface area (Å²) in [5.41, 5.74) is 5.20. The van der Waals surface area contributed by atoms with Gasteiger partial charge in [0.15, 0.2) is 6.10 Å². The third kappa shape index (κ3) is 6.12. The molecule has 2 unspecified atom stereocenters. The lowest BCUT2D eigenvalue weighted by atomic mass is 9.86. The Labute approximate surface area is 183 Å². The van der Waals surface area contributed by atoms with Crippen molar-refractivity contribution in [3.8, 4) is 23.0 Å². The van der Waals surface area contributed by atoms with E-state index in [-0.39, 0.29) is 6.54 Å². The second-order valence-electron chi connectivity index (χ2n) is 7.90. The van der Waals surface area contributed by atoms with E-state index in [1.165, 1.54) is 4.80 Å². The first-order chi connectivity index (χ1) is 14.6. The Balaban J connectivity index is 1.70. The van der Waals surface area contributed by atoms with E-state index in [1.54, 1.807) is 42.6 Å². The first kappa shape index (κ1) is 22.4. The maximum absolute atomic E-state index is 11.2. The minimum atomic E-state index is -0.992. The highest BCUT2D eigenvalue weighted by Crippen LogP contribution is 2.25. The number of tetrazole rings is 1. The lowest BCUT2D eigenvalue weighted by Gasteiger charge is -2.31. The number of hydrogen-bond acceptors (Lipinski definition) is 8. The van der Waals surface area contributed by atoms with E-state index >= 15 is 0 Å². The van der Waals surface area contributed by atoms with Gasteiger partial charge in [0.2, 0.25) is 11.7 Å². The van der Waals surface area contributed by atoms with Crippen molar-refractivity contribution < 1.29 is 19.4 Å². The van der Waals surface area contributed by atoms with Gasteiger partial charge >= 0.3 is 6.09 Å². The maximum atomic E-state index is 11.2. The lowest BCUT2D eigenvalue weighted by molar-refractivity contribution is -0.0583. The van der Waals surface area contributed by atoms with Crippen LogP contribution in [0, 0.1) is 5.41 Å². The van der Waals surface area contributed by atoms with E-state index in [4.69, 9.17) is 26.8 Å². The molecular formula is C20H23ClN6O4. The SMILES string of the molecule is CC(C)(C)C(O)C(Cn1nnc(-c2ccc(Oc3ccc(Cl)cc3)nc2)n1)OC(N)=O. The predicted octanol–water partition coefficient (Wildman–Crippen LogP) is 3.05. The number of amides is 1. The van der Waals surface area contributed by atoms with Crippen LogP contribution in [0.25, 0.3) is 11.4 Å². The summed E-state index contributed by atoms with van der Waals surface area (Å²) < 4.78 is 10.7. The van der Waals surface area contributed by atoms with Crippen LogP contribution in [0.3, 0.4) is 0 Å². The van der Waals surface area contributed by atoms with E-state index in [0.717, 1.165) is 0 Å². The predicted molar refractivity (Wildman–Crippen MR) is 112 cm³/mol. The Morgan fingerprint density at radius 2 is 1.94 bits per heavy atom. The summed E-state index contributed by atoms with van der Waals surface area (Å²) in [5, 5.41) is 23.3. The van der Waals surface area contributed by atoms with Crippen LogP contribution in [0.5, 0.6) is 11.6 Å². The Bertz CT molecular complexity index is 1020. The van der Waals surface area contributed by atoms with E-state index in [0.29, 0.717) is 28.0 Å². The molecule has 3 rings (SSSR count). The van der Waals surface area contributed by atoms with Crippen LogP contribution in [0.15, 0.2) is 42.6 Å². The van der Waals surface area contributed by atoms with Crippen LogP contribution in [0.2, 0.25) is 5.02 Å². The number of benzene rings is 1. The van der Waals surface area contributed by atoms with Crippen molar-refractivity contribution in [1.29, 1.82) is 0 Å². The zero-order valence-corrected chi connectivity index (χ0v) is 18.0. The highest BCUT2D eigenvalue weighted by molar-refractivity contribution is 6.30. The van der Waals surface area contributed by atoms with Crippen molar-refractivity contribution in [3.63, 3.8) is 0 Å². The fourth-order valence-corrected chi connectivity index (χ4v) is 2.83. The van der Waals surface area contributed by atoms with E-state index < -0.39 is 23.7 Å². The molecule has 1 aromatic carbocycles. The molecule has 1 amide bonds. The second kappa shape index (κ2) is 9.27. The normalized spacial score (nSPS) is 13.5. The molecule has 2 heterocycles. The van der Waals surface area contributed by atoms with E-state index in [9.17, 15) is 9.90 Å². The van der Waals surface area contributed by atoms with Crippen LogP contribution in [0.1, 0.15) is 20.8 Å². The van der Waals surface area contributed by atoms with Crippen molar-refractivity contribution in [2.24, 2.45) is 11.1 Å². The monoisotopic (exact) mass is 446 g/mol. The fraction of sp³-hybridized carbons (Fsp3) is 0.350. The molecule has 31 heavy (non-hydrogen) atoms. The number of aliphatic hydroxyl groups excluding tert-OH is 1. The molecule has 0 saturated carbocycles. The number of ether oxygens (including phenoxy) is 2. The zero-order chi connectivity index (χ0) is 22.6. The molecule has 2 atom stereocenters.